The molecule has 0 fully saturated rings. The minimum atomic E-state index is -0.803. The van der Waals surface area contributed by atoms with Crippen LogP contribution in [0.25, 0.3) is 0 Å². The van der Waals surface area contributed by atoms with E-state index in [1.165, 1.54) is 6.07 Å². The van der Waals surface area contributed by atoms with Crippen LogP contribution in [0.1, 0.15) is 25.0 Å². The third kappa shape index (κ3) is 2.77. The van der Waals surface area contributed by atoms with Gasteiger partial charge in [-0.15, -0.1) is 0 Å². The molecule has 0 aliphatic heterocycles. The number of hydrogen-bond donors (Lipinski definition) is 0. The molecular weight excluding hydrogens is 210 g/mol. The summed E-state index contributed by atoms with van der Waals surface area (Å²) < 4.78 is 26.5. The highest BCUT2D eigenvalue weighted by Crippen LogP contribution is 2.16. The molecule has 1 aromatic rings. The van der Waals surface area contributed by atoms with Crippen LogP contribution < -0.4 is 0 Å². The molecule has 0 aliphatic carbocycles. The second kappa shape index (κ2) is 5.57. The van der Waals surface area contributed by atoms with E-state index in [4.69, 9.17) is 5.26 Å². The first-order chi connectivity index (χ1) is 7.62. The molecule has 2 nitrogen and oxygen atoms in total. The van der Waals surface area contributed by atoms with E-state index in [1.807, 2.05) is 18.7 Å². The van der Waals surface area contributed by atoms with Gasteiger partial charge in [-0.3, -0.25) is 4.90 Å². The number of hydrogen-bond acceptors (Lipinski definition) is 2. The van der Waals surface area contributed by atoms with Crippen LogP contribution in [0, 0.1) is 23.0 Å². The number of nitriles is 1. The standard InChI is InChI=1S/C12H14F2N2/c1-3-16(4-2)8-10-5-9(7-15)11(13)6-12(10)14/h5-6H,3-4,8H2,1-2H3. The zero-order valence-electron chi connectivity index (χ0n) is 9.43. The molecule has 0 spiro atoms. The van der Waals surface area contributed by atoms with Crippen molar-refractivity contribution in [3.63, 3.8) is 0 Å². The van der Waals surface area contributed by atoms with Crippen molar-refractivity contribution in [3.05, 3.63) is 34.9 Å². The number of rotatable bonds is 4. The van der Waals surface area contributed by atoms with E-state index < -0.39 is 11.6 Å². The Hall–Kier alpha value is -1.47. The van der Waals surface area contributed by atoms with Gasteiger partial charge in [-0.25, -0.2) is 8.78 Å². The fraction of sp³-hybridized carbons (Fsp3) is 0.417. The zero-order chi connectivity index (χ0) is 12.1. The van der Waals surface area contributed by atoms with Crippen LogP contribution in [0.15, 0.2) is 12.1 Å². The monoisotopic (exact) mass is 224 g/mol. The van der Waals surface area contributed by atoms with Crippen LogP contribution in [0.3, 0.4) is 0 Å². The van der Waals surface area contributed by atoms with Crippen molar-refractivity contribution in [2.45, 2.75) is 20.4 Å². The first-order valence-corrected chi connectivity index (χ1v) is 5.22. The third-order valence-corrected chi connectivity index (χ3v) is 2.54. The van der Waals surface area contributed by atoms with Gasteiger partial charge in [-0.05, 0) is 19.2 Å². The molecule has 0 aromatic heterocycles. The van der Waals surface area contributed by atoms with E-state index >= 15 is 0 Å². The van der Waals surface area contributed by atoms with Crippen molar-refractivity contribution < 1.29 is 8.78 Å². The van der Waals surface area contributed by atoms with Crippen LogP contribution in [0.4, 0.5) is 8.78 Å². The maximum Gasteiger partial charge on any atom is 0.143 e. The van der Waals surface area contributed by atoms with Gasteiger partial charge in [0.1, 0.15) is 17.7 Å². The normalized spacial score (nSPS) is 10.5. The van der Waals surface area contributed by atoms with E-state index in [1.54, 1.807) is 6.07 Å². The molecule has 0 aliphatic rings. The van der Waals surface area contributed by atoms with Gasteiger partial charge in [0.25, 0.3) is 0 Å². The molecule has 0 radical (unpaired) electrons. The number of nitrogens with zero attached hydrogens (tertiary/aromatic N) is 2. The molecule has 1 aromatic carbocycles. The largest absolute Gasteiger partial charge is 0.300 e. The lowest BCUT2D eigenvalue weighted by molar-refractivity contribution is 0.291. The van der Waals surface area contributed by atoms with Gasteiger partial charge in [-0.2, -0.15) is 5.26 Å². The highest BCUT2D eigenvalue weighted by Gasteiger charge is 2.11. The van der Waals surface area contributed by atoms with Gasteiger partial charge in [0.15, 0.2) is 0 Å². The van der Waals surface area contributed by atoms with E-state index in [0.717, 1.165) is 19.2 Å². The number of halogens is 2. The van der Waals surface area contributed by atoms with Gasteiger partial charge in [-0.1, -0.05) is 13.8 Å². The molecule has 0 heterocycles. The molecule has 0 saturated heterocycles. The SMILES string of the molecule is CCN(CC)Cc1cc(C#N)c(F)cc1F. The summed E-state index contributed by atoms with van der Waals surface area (Å²) in [5.74, 6) is -1.40. The summed E-state index contributed by atoms with van der Waals surface area (Å²) in [6.45, 7) is 5.91. The van der Waals surface area contributed by atoms with Gasteiger partial charge < -0.3 is 0 Å². The smallest absolute Gasteiger partial charge is 0.143 e. The quantitative estimate of drug-likeness (QED) is 0.786. The summed E-state index contributed by atoms with van der Waals surface area (Å²) in [7, 11) is 0. The zero-order valence-corrected chi connectivity index (χ0v) is 9.43. The maximum atomic E-state index is 13.4. The second-order valence-electron chi connectivity index (χ2n) is 3.50. The van der Waals surface area contributed by atoms with E-state index in [-0.39, 0.29) is 5.56 Å². The van der Waals surface area contributed by atoms with Crippen LogP contribution in [-0.2, 0) is 6.54 Å². The first kappa shape index (κ1) is 12.6. The summed E-state index contributed by atoms with van der Waals surface area (Å²) in [5.41, 5.74) is 0.255. The minimum Gasteiger partial charge on any atom is -0.300 e. The topological polar surface area (TPSA) is 27.0 Å². The van der Waals surface area contributed by atoms with Crippen molar-refractivity contribution >= 4 is 0 Å². The van der Waals surface area contributed by atoms with Crippen molar-refractivity contribution in [2.24, 2.45) is 0 Å². The summed E-state index contributed by atoms with van der Waals surface area (Å²) in [6, 6.07) is 3.77. The van der Waals surface area contributed by atoms with Crippen LogP contribution >= 0.6 is 0 Å². The van der Waals surface area contributed by atoms with Gasteiger partial charge in [0.05, 0.1) is 5.56 Å². The Bertz CT molecular complexity index is 406. The second-order valence-corrected chi connectivity index (χ2v) is 3.50. The predicted octanol–water partition coefficient (Wildman–Crippen LogP) is 2.68. The fourth-order valence-corrected chi connectivity index (χ4v) is 1.49. The van der Waals surface area contributed by atoms with Crippen molar-refractivity contribution in [1.29, 1.82) is 5.26 Å². The Morgan fingerprint density at radius 3 is 2.31 bits per heavy atom. The average Bonchev–Trinajstić information content (AvgIpc) is 2.28. The highest BCUT2D eigenvalue weighted by atomic mass is 19.1. The Morgan fingerprint density at radius 1 is 1.19 bits per heavy atom. The van der Waals surface area contributed by atoms with Crippen LogP contribution in [0.5, 0.6) is 0 Å². The maximum absolute atomic E-state index is 13.4. The summed E-state index contributed by atoms with van der Waals surface area (Å²) in [6.07, 6.45) is 0. The summed E-state index contributed by atoms with van der Waals surface area (Å²) in [5, 5.41) is 8.66. The molecule has 1 rings (SSSR count). The Labute approximate surface area is 94.1 Å². The molecule has 0 N–H and O–H groups in total. The van der Waals surface area contributed by atoms with Crippen molar-refractivity contribution in [3.8, 4) is 6.07 Å². The molecule has 86 valence electrons. The summed E-state index contributed by atoms with van der Waals surface area (Å²) in [4.78, 5) is 2.00. The van der Waals surface area contributed by atoms with Crippen LogP contribution in [0.2, 0.25) is 0 Å². The molecule has 16 heavy (non-hydrogen) atoms. The molecular formula is C12H14F2N2. The lowest BCUT2D eigenvalue weighted by atomic mass is 10.1. The predicted molar refractivity (Wildman–Crippen MR) is 57.7 cm³/mol. The van der Waals surface area contributed by atoms with Gasteiger partial charge in [0.2, 0.25) is 0 Å². The highest BCUT2D eigenvalue weighted by molar-refractivity contribution is 5.35. The lowest BCUT2D eigenvalue weighted by Crippen LogP contribution is -2.22. The summed E-state index contributed by atoms with van der Waals surface area (Å²) >= 11 is 0. The minimum absolute atomic E-state index is 0.108. The van der Waals surface area contributed by atoms with Crippen LogP contribution in [-0.4, -0.2) is 18.0 Å². The molecule has 0 atom stereocenters. The van der Waals surface area contributed by atoms with Crippen molar-refractivity contribution in [1.82, 2.24) is 4.90 Å². The molecule has 0 amide bonds. The molecule has 4 heteroatoms. The number of benzene rings is 1. The molecule has 0 saturated carbocycles. The Balaban J connectivity index is 3.01. The van der Waals surface area contributed by atoms with E-state index in [2.05, 4.69) is 0 Å². The van der Waals surface area contributed by atoms with Gasteiger partial charge in [0, 0.05) is 18.2 Å². The fourth-order valence-electron chi connectivity index (χ4n) is 1.49. The van der Waals surface area contributed by atoms with Gasteiger partial charge >= 0.3 is 0 Å². The van der Waals surface area contributed by atoms with E-state index in [0.29, 0.717) is 12.1 Å². The van der Waals surface area contributed by atoms with E-state index in [9.17, 15) is 8.78 Å². The third-order valence-electron chi connectivity index (χ3n) is 2.54. The Kier molecular flexibility index (Phi) is 4.39. The average molecular weight is 224 g/mol. The first-order valence-electron chi connectivity index (χ1n) is 5.22. The van der Waals surface area contributed by atoms with Crippen molar-refractivity contribution in [2.75, 3.05) is 13.1 Å². The molecule has 0 bridgehead atoms. The molecule has 0 unspecified atom stereocenters. The lowest BCUT2D eigenvalue weighted by Gasteiger charge is -2.18. The Morgan fingerprint density at radius 2 is 1.81 bits per heavy atom.